The Morgan fingerprint density at radius 3 is 1.75 bits per heavy atom. The number of aldehydes is 1. The molecule has 1 saturated heterocycles. The molecule has 5 amide bonds. The van der Waals surface area contributed by atoms with Crippen LogP contribution in [0.15, 0.2) is 60.7 Å². The Morgan fingerprint density at radius 2 is 1.21 bits per heavy atom. The average Bonchev–Trinajstić information content (AvgIpc) is 3.38. The second-order valence-corrected chi connectivity index (χ2v) is 19.3. The fourth-order valence-corrected chi connectivity index (χ4v) is 9.19. The van der Waals surface area contributed by atoms with E-state index in [9.17, 15) is 73.5 Å². The summed E-state index contributed by atoms with van der Waals surface area (Å²) in [6.45, 7) is 0.946. The Labute approximate surface area is 444 Å². The minimum Gasteiger partial charge on any atom is -0.481 e. The van der Waals surface area contributed by atoms with Crippen LogP contribution in [-0.2, 0) is 57.7 Å². The van der Waals surface area contributed by atoms with Gasteiger partial charge in [-0.1, -0.05) is 48.5 Å². The van der Waals surface area contributed by atoms with Gasteiger partial charge in [0.25, 0.3) is 5.91 Å². The molecule has 0 bridgehead atoms. The number of aliphatic carboxylic acids is 5. The van der Waals surface area contributed by atoms with Crippen LogP contribution >= 0.6 is 0 Å². The summed E-state index contributed by atoms with van der Waals surface area (Å²) >= 11 is 0. The second kappa shape index (κ2) is 29.6. The van der Waals surface area contributed by atoms with E-state index in [-0.39, 0.29) is 129 Å². The number of aliphatic hydroxyl groups excluding tert-OH is 1. The molecule has 3 atom stereocenters. The van der Waals surface area contributed by atoms with E-state index < -0.39 is 84.8 Å². The van der Waals surface area contributed by atoms with E-state index in [0.29, 0.717) is 19.3 Å². The first kappa shape index (κ1) is 60.3. The third kappa shape index (κ3) is 19.8. The molecule has 3 aromatic rings. The van der Waals surface area contributed by atoms with E-state index in [4.69, 9.17) is 5.11 Å². The number of fused-ring (bicyclic) bond motifs is 2. The summed E-state index contributed by atoms with van der Waals surface area (Å²) in [4.78, 5) is 133. The van der Waals surface area contributed by atoms with Crippen molar-refractivity contribution in [1.29, 1.82) is 0 Å². The average molecular weight is 1080 g/mol. The molecule has 0 saturated carbocycles. The molecule has 418 valence electrons. The zero-order valence-electron chi connectivity index (χ0n) is 42.8. The Bertz CT molecular complexity index is 2570. The number of urea groups is 1. The van der Waals surface area contributed by atoms with E-state index >= 15 is 0 Å². The molecule has 77 heavy (non-hydrogen) atoms. The molecular weight excluding hydrogens is 1010 g/mol. The van der Waals surface area contributed by atoms with Crippen LogP contribution in [0.4, 0.5) is 4.79 Å². The topological polar surface area (TPSA) is 356 Å². The molecule has 1 unspecified atom stereocenters. The molecule has 25 heteroatoms. The first-order valence-electron chi connectivity index (χ1n) is 25.4. The fraction of sp³-hybridized carbons (Fsp3) is 0.500. The van der Waals surface area contributed by atoms with Crippen molar-refractivity contribution >= 4 is 70.7 Å². The number of carboxylic acids is 5. The highest BCUT2D eigenvalue weighted by molar-refractivity contribution is 5.98. The van der Waals surface area contributed by atoms with Crippen molar-refractivity contribution < 1.29 is 78.6 Å². The molecule has 25 nitrogen and oxygen atoms in total. The summed E-state index contributed by atoms with van der Waals surface area (Å²) in [7, 11) is 0. The first-order valence-corrected chi connectivity index (χ1v) is 25.4. The van der Waals surface area contributed by atoms with Crippen LogP contribution in [0.3, 0.4) is 0 Å². The molecule has 0 aromatic heterocycles. The van der Waals surface area contributed by atoms with Crippen molar-refractivity contribution in [2.75, 3.05) is 98.2 Å². The lowest BCUT2D eigenvalue weighted by Crippen LogP contribution is -2.58. The van der Waals surface area contributed by atoms with Gasteiger partial charge in [-0.2, -0.15) is 0 Å². The quantitative estimate of drug-likeness (QED) is 0.0354. The number of rotatable bonds is 26. The van der Waals surface area contributed by atoms with Gasteiger partial charge in [0.05, 0.1) is 32.8 Å². The molecule has 2 heterocycles. The van der Waals surface area contributed by atoms with Gasteiger partial charge < -0.3 is 61.6 Å². The highest BCUT2D eigenvalue weighted by atomic mass is 16.4. The Kier molecular flexibility index (Phi) is 23.2. The van der Waals surface area contributed by atoms with E-state index in [0.717, 1.165) is 27.5 Å². The van der Waals surface area contributed by atoms with E-state index in [2.05, 4.69) is 21.3 Å². The molecular formula is C52H69N9O16. The van der Waals surface area contributed by atoms with Gasteiger partial charge in [-0.3, -0.25) is 53.2 Å². The van der Waals surface area contributed by atoms with Crippen molar-refractivity contribution in [2.45, 2.75) is 69.1 Å². The largest absolute Gasteiger partial charge is 0.481 e. The molecule has 10 N–H and O–H groups in total. The summed E-state index contributed by atoms with van der Waals surface area (Å²) in [6.07, 6.45) is 0.223. The number of aliphatic hydroxyl groups is 1. The SMILES string of the molecule is O=CC(CO)(CCCCNC(=O)[C@H](Cc1ccc2ccccc2c1)NC(=O)c1ccc2c(c1)CCN(C(=O)CN1CCN(CC(=O)O)CCN(CC(=O)O)CCN(CC(=O)O)CC1)C2)NC(=O)N[C@@H](CCC(=O)O)C(=O)O. The summed E-state index contributed by atoms with van der Waals surface area (Å²) in [5.41, 5.74) is 0.871. The Hall–Kier alpha value is -7.58. The lowest BCUT2D eigenvalue weighted by molar-refractivity contribution is -0.141. The third-order valence-electron chi connectivity index (χ3n) is 13.5. The van der Waals surface area contributed by atoms with Crippen molar-refractivity contribution in [1.82, 2.24) is 45.8 Å². The Balaban J connectivity index is 1.22. The van der Waals surface area contributed by atoms with Crippen molar-refractivity contribution in [3.63, 3.8) is 0 Å². The summed E-state index contributed by atoms with van der Waals surface area (Å²) in [5, 5.41) is 69.1. The van der Waals surface area contributed by atoms with Crippen LogP contribution in [-0.4, -0.2) is 231 Å². The summed E-state index contributed by atoms with van der Waals surface area (Å²) in [5.74, 6) is -7.17. The van der Waals surface area contributed by atoms with Gasteiger partial charge in [-0.25, -0.2) is 9.59 Å². The summed E-state index contributed by atoms with van der Waals surface area (Å²) in [6, 6.07) is 14.7. The van der Waals surface area contributed by atoms with Crippen LogP contribution in [0, 0.1) is 0 Å². The standard InChI is InChI=1S/C52H69N9O16/c62-33-52(34-63,56-51(77)55-41(50(75)76)11-12-44(65)66)14-3-4-15-53-49(74)42(26-35-7-8-36-5-1-2-6-37(36)25-35)54-48(73)39-9-10-40-28-61(16-13-38(40)27-39)43(64)29-57-17-19-58(30-45(67)68)21-23-60(32-47(71)72)24-22-59(20-18-57)31-46(69)70/h1-2,5-10,25,27,33,41-42,63H,3-4,11-24,26,28-32,34H2,(H,53,74)(H,54,73)(H,65,66)(H,67,68)(H,69,70)(H,71,72)(H,75,76)(H2,55,56,77)/t41-,42-,52?/m0/s1. The maximum Gasteiger partial charge on any atom is 0.326 e. The van der Waals surface area contributed by atoms with Crippen LogP contribution in [0.2, 0.25) is 0 Å². The molecule has 0 radical (unpaired) electrons. The van der Waals surface area contributed by atoms with Gasteiger partial charge in [0.15, 0.2) is 0 Å². The second-order valence-electron chi connectivity index (χ2n) is 19.3. The zero-order valence-corrected chi connectivity index (χ0v) is 42.8. The minimum atomic E-state index is -1.81. The fourth-order valence-electron chi connectivity index (χ4n) is 9.19. The first-order chi connectivity index (χ1) is 36.7. The van der Waals surface area contributed by atoms with Crippen LogP contribution < -0.4 is 21.3 Å². The molecule has 2 aliphatic rings. The van der Waals surface area contributed by atoms with Crippen LogP contribution in [0.5, 0.6) is 0 Å². The van der Waals surface area contributed by atoms with Gasteiger partial charge in [-0.05, 0) is 71.7 Å². The van der Waals surface area contributed by atoms with Gasteiger partial charge in [0.1, 0.15) is 23.9 Å². The lowest BCUT2D eigenvalue weighted by Gasteiger charge is -2.34. The smallest absolute Gasteiger partial charge is 0.326 e. The molecule has 3 aromatic carbocycles. The number of nitrogens with one attached hydrogen (secondary N) is 4. The molecule has 1 fully saturated rings. The number of unbranched alkanes of at least 4 members (excludes halogenated alkanes) is 1. The molecule has 5 rings (SSSR count). The predicted octanol–water partition coefficient (Wildman–Crippen LogP) is -0.625. The highest BCUT2D eigenvalue weighted by Gasteiger charge is 2.33. The maximum absolute atomic E-state index is 14.0. The molecule has 0 spiro atoms. The van der Waals surface area contributed by atoms with Gasteiger partial charge in [0.2, 0.25) is 11.8 Å². The minimum absolute atomic E-state index is 0.0308. The van der Waals surface area contributed by atoms with Crippen LogP contribution in [0.25, 0.3) is 10.8 Å². The molecule has 0 aliphatic carbocycles. The number of hydrogen-bond acceptors (Lipinski definition) is 15. The summed E-state index contributed by atoms with van der Waals surface area (Å²) < 4.78 is 0. The van der Waals surface area contributed by atoms with Gasteiger partial charge >= 0.3 is 35.9 Å². The highest BCUT2D eigenvalue weighted by Crippen LogP contribution is 2.22. The van der Waals surface area contributed by atoms with E-state index in [1.54, 1.807) is 37.8 Å². The van der Waals surface area contributed by atoms with Crippen molar-refractivity contribution in [2.24, 2.45) is 0 Å². The normalized spacial score (nSPS) is 16.7. The number of carbonyl (C=O) groups is 10. The predicted molar refractivity (Wildman–Crippen MR) is 276 cm³/mol. The number of benzene rings is 3. The van der Waals surface area contributed by atoms with Gasteiger partial charge in [-0.15, -0.1) is 0 Å². The van der Waals surface area contributed by atoms with Crippen molar-refractivity contribution in [3.8, 4) is 0 Å². The number of amides is 5. The number of hydrogen-bond donors (Lipinski definition) is 10. The number of nitrogens with zero attached hydrogens (tertiary/aromatic N) is 5. The number of carboxylic acid groups (broad SMARTS) is 5. The maximum atomic E-state index is 14.0. The lowest BCUT2D eigenvalue weighted by atomic mass is 9.95. The number of carbonyl (C=O) groups excluding carboxylic acids is 5. The van der Waals surface area contributed by atoms with E-state index in [1.807, 2.05) is 47.4 Å². The van der Waals surface area contributed by atoms with Crippen LogP contribution in [0.1, 0.15) is 59.2 Å². The Morgan fingerprint density at radius 1 is 0.623 bits per heavy atom. The van der Waals surface area contributed by atoms with E-state index in [1.165, 1.54) is 0 Å². The van der Waals surface area contributed by atoms with Crippen molar-refractivity contribution in [3.05, 3.63) is 82.9 Å². The third-order valence-corrected chi connectivity index (χ3v) is 13.5. The zero-order chi connectivity index (χ0) is 56.1. The monoisotopic (exact) mass is 1080 g/mol. The van der Waals surface area contributed by atoms with Gasteiger partial charge in [0, 0.05) is 90.4 Å². The molecule has 2 aliphatic heterocycles.